The van der Waals surface area contributed by atoms with Crippen molar-refractivity contribution < 1.29 is 13.6 Å². The number of hydrogen-bond acceptors (Lipinski definition) is 3. The number of halogens is 1. The van der Waals surface area contributed by atoms with Gasteiger partial charge in [-0.1, -0.05) is 12.1 Å². The molecule has 0 aliphatic rings. The van der Waals surface area contributed by atoms with Gasteiger partial charge in [-0.3, -0.25) is 4.79 Å². The zero-order valence-electron chi connectivity index (χ0n) is 10.6. The van der Waals surface area contributed by atoms with E-state index in [0.29, 0.717) is 18.7 Å². The van der Waals surface area contributed by atoms with Crippen LogP contribution in [0.15, 0.2) is 34.9 Å². The van der Waals surface area contributed by atoms with Gasteiger partial charge in [0.1, 0.15) is 11.6 Å². The van der Waals surface area contributed by atoms with Gasteiger partial charge < -0.3 is 9.73 Å². The molecule has 1 aromatic heterocycles. The fourth-order valence-corrected chi connectivity index (χ4v) is 1.65. The number of nitrogens with one attached hydrogen (secondary N) is 1. The summed E-state index contributed by atoms with van der Waals surface area (Å²) in [5, 5.41) is 2.72. The highest BCUT2D eigenvalue weighted by Crippen LogP contribution is 2.06. The summed E-state index contributed by atoms with van der Waals surface area (Å²) in [5.74, 6) is 0.857. The Morgan fingerprint density at radius 3 is 2.74 bits per heavy atom. The van der Waals surface area contributed by atoms with Crippen LogP contribution in [-0.4, -0.2) is 10.9 Å². The van der Waals surface area contributed by atoms with E-state index in [1.807, 2.05) is 0 Å². The van der Waals surface area contributed by atoms with Crippen LogP contribution in [0.3, 0.4) is 0 Å². The maximum absolute atomic E-state index is 12.7. The number of oxazole rings is 1. The Labute approximate surface area is 110 Å². The smallest absolute Gasteiger partial charge is 0.220 e. The van der Waals surface area contributed by atoms with Crippen molar-refractivity contribution in [3.63, 3.8) is 0 Å². The van der Waals surface area contributed by atoms with Crippen molar-refractivity contribution in [2.75, 3.05) is 0 Å². The molecule has 0 atom stereocenters. The summed E-state index contributed by atoms with van der Waals surface area (Å²) in [4.78, 5) is 15.6. The summed E-state index contributed by atoms with van der Waals surface area (Å²) in [6, 6.07) is 6.14. The van der Waals surface area contributed by atoms with Crippen LogP contribution >= 0.6 is 0 Å². The molecule has 1 heterocycles. The average molecular weight is 262 g/mol. The molecule has 2 rings (SSSR count). The van der Waals surface area contributed by atoms with Gasteiger partial charge in [-0.05, 0) is 31.0 Å². The van der Waals surface area contributed by atoms with E-state index in [0.717, 1.165) is 11.3 Å². The normalized spacial score (nSPS) is 10.4. The van der Waals surface area contributed by atoms with Crippen molar-refractivity contribution in [1.82, 2.24) is 10.3 Å². The molecule has 0 radical (unpaired) electrons. The Balaban J connectivity index is 1.74. The van der Waals surface area contributed by atoms with E-state index in [1.54, 1.807) is 25.3 Å². The lowest BCUT2D eigenvalue weighted by Crippen LogP contribution is -2.23. The quantitative estimate of drug-likeness (QED) is 0.900. The van der Waals surface area contributed by atoms with Crippen molar-refractivity contribution >= 4 is 5.91 Å². The molecule has 19 heavy (non-hydrogen) atoms. The van der Waals surface area contributed by atoms with E-state index >= 15 is 0 Å². The minimum Gasteiger partial charge on any atom is -0.444 e. The van der Waals surface area contributed by atoms with E-state index in [4.69, 9.17) is 4.42 Å². The highest BCUT2D eigenvalue weighted by molar-refractivity contribution is 5.76. The van der Waals surface area contributed by atoms with E-state index in [-0.39, 0.29) is 18.3 Å². The lowest BCUT2D eigenvalue weighted by Gasteiger charge is -2.03. The molecule has 0 aliphatic carbocycles. The van der Waals surface area contributed by atoms with Crippen molar-refractivity contribution in [3.8, 4) is 0 Å². The Bertz CT molecular complexity index is 549. The molecule has 5 heteroatoms. The Hall–Kier alpha value is -2.17. The summed E-state index contributed by atoms with van der Waals surface area (Å²) in [7, 11) is 0. The Morgan fingerprint density at radius 1 is 1.37 bits per heavy atom. The molecule has 0 fully saturated rings. The highest BCUT2D eigenvalue weighted by atomic mass is 19.1. The number of rotatable bonds is 5. The molecule has 0 unspecified atom stereocenters. The second-order valence-corrected chi connectivity index (χ2v) is 4.27. The molecule has 0 saturated carbocycles. The summed E-state index contributed by atoms with van der Waals surface area (Å²) in [6.07, 6.45) is 2.54. The van der Waals surface area contributed by atoms with Gasteiger partial charge in [-0.15, -0.1) is 0 Å². The van der Waals surface area contributed by atoms with Crippen molar-refractivity contribution in [2.45, 2.75) is 26.3 Å². The third kappa shape index (κ3) is 4.21. The summed E-state index contributed by atoms with van der Waals surface area (Å²) in [5.41, 5.74) is 0.934. The molecule has 1 amide bonds. The van der Waals surface area contributed by atoms with Crippen LogP contribution in [0.1, 0.15) is 23.6 Å². The number of benzene rings is 1. The molecular weight excluding hydrogens is 247 g/mol. The molecule has 1 N–H and O–H groups in total. The predicted molar refractivity (Wildman–Crippen MR) is 67.8 cm³/mol. The number of hydrogen-bond donors (Lipinski definition) is 1. The predicted octanol–water partition coefficient (Wildman–Crippen LogP) is 2.37. The lowest BCUT2D eigenvalue weighted by molar-refractivity contribution is -0.121. The van der Waals surface area contributed by atoms with Gasteiger partial charge >= 0.3 is 0 Å². The third-order valence-corrected chi connectivity index (χ3v) is 2.66. The van der Waals surface area contributed by atoms with Crippen LogP contribution in [-0.2, 0) is 17.8 Å². The minimum absolute atomic E-state index is 0.0832. The molecule has 100 valence electrons. The minimum atomic E-state index is -0.271. The first-order valence-electron chi connectivity index (χ1n) is 6.06. The number of amides is 1. The van der Waals surface area contributed by atoms with Crippen molar-refractivity contribution in [2.24, 2.45) is 0 Å². The fraction of sp³-hybridized carbons (Fsp3) is 0.286. The first kappa shape index (κ1) is 13.3. The Morgan fingerprint density at radius 2 is 2.11 bits per heavy atom. The van der Waals surface area contributed by atoms with Crippen LogP contribution in [0, 0.1) is 12.7 Å². The topological polar surface area (TPSA) is 55.1 Å². The van der Waals surface area contributed by atoms with Gasteiger partial charge in [0.05, 0.1) is 12.7 Å². The molecule has 0 bridgehead atoms. The standard InChI is InChI=1S/C14H15FN2O2/c1-10-8-17-14(19-10)9-16-13(18)7-4-11-2-5-12(15)6-3-11/h2-3,5-6,8H,4,7,9H2,1H3,(H,16,18). The van der Waals surface area contributed by atoms with Gasteiger partial charge in [0.2, 0.25) is 11.8 Å². The van der Waals surface area contributed by atoms with Crippen LogP contribution < -0.4 is 5.32 Å². The first-order chi connectivity index (χ1) is 9.13. The second kappa shape index (κ2) is 6.13. The summed E-state index contributed by atoms with van der Waals surface area (Å²) >= 11 is 0. The van der Waals surface area contributed by atoms with Gasteiger partial charge in [-0.2, -0.15) is 0 Å². The van der Waals surface area contributed by atoms with Gasteiger partial charge in [0.25, 0.3) is 0 Å². The highest BCUT2D eigenvalue weighted by Gasteiger charge is 2.05. The number of carbonyl (C=O) groups excluding carboxylic acids is 1. The molecule has 0 saturated heterocycles. The number of aryl methyl sites for hydroxylation is 2. The lowest BCUT2D eigenvalue weighted by atomic mass is 10.1. The molecule has 0 spiro atoms. The Kier molecular flexibility index (Phi) is 4.28. The van der Waals surface area contributed by atoms with Crippen LogP contribution in [0.2, 0.25) is 0 Å². The largest absolute Gasteiger partial charge is 0.444 e. The van der Waals surface area contributed by atoms with E-state index < -0.39 is 0 Å². The molecule has 0 aliphatic heterocycles. The van der Waals surface area contributed by atoms with Crippen LogP contribution in [0.5, 0.6) is 0 Å². The fourth-order valence-electron chi connectivity index (χ4n) is 1.65. The van der Waals surface area contributed by atoms with E-state index in [2.05, 4.69) is 10.3 Å². The van der Waals surface area contributed by atoms with Crippen molar-refractivity contribution in [1.29, 1.82) is 0 Å². The van der Waals surface area contributed by atoms with E-state index in [9.17, 15) is 9.18 Å². The van der Waals surface area contributed by atoms with E-state index in [1.165, 1.54) is 12.1 Å². The number of carbonyl (C=O) groups is 1. The molecular formula is C14H15FN2O2. The monoisotopic (exact) mass is 262 g/mol. The summed E-state index contributed by atoms with van der Waals surface area (Å²) in [6.45, 7) is 2.09. The van der Waals surface area contributed by atoms with Gasteiger partial charge in [0.15, 0.2) is 0 Å². The van der Waals surface area contributed by atoms with Gasteiger partial charge in [0, 0.05) is 6.42 Å². The van der Waals surface area contributed by atoms with Crippen LogP contribution in [0.25, 0.3) is 0 Å². The molecule has 2 aromatic rings. The zero-order valence-corrected chi connectivity index (χ0v) is 10.6. The number of nitrogens with zero attached hydrogens (tertiary/aromatic N) is 1. The third-order valence-electron chi connectivity index (χ3n) is 2.66. The average Bonchev–Trinajstić information content (AvgIpc) is 2.81. The number of aromatic nitrogens is 1. The van der Waals surface area contributed by atoms with Gasteiger partial charge in [-0.25, -0.2) is 9.37 Å². The zero-order chi connectivity index (χ0) is 13.7. The van der Waals surface area contributed by atoms with Crippen LogP contribution in [0.4, 0.5) is 4.39 Å². The SMILES string of the molecule is Cc1cnc(CNC(=O)CCc2ccc(F)cc2)o1. The first-order valence-corrected chi connectivity index (χ1v) is 6.06. The molecule has 4 nitrogen and oxygen atoms in total. The maximum Gasteiger partial charge on any atom is 0.220 e. The molecule has 1 aromatic carbocycles. The second-order valence-electron chi connectivity index (χ2n) is 4.27. The van der Waals surface area contributed by atoms with Crippen molar-refractivity contribution in [3.05, 3.63) is 53.5 Å². The summed E-state index contributed by atoms with van der Waals surface area (Å²) < 4.78 is 17.9. The maximum atomic E-state index is 12.7.